The zero-order valence-electron chi connectivity index (χ0n) is 20.6. The molecule has 1 aromatic rings. The maximum Gasteiger partial charge on any atom is 2.00 e. The van der Waals surface area contributed by atoms with Gasteiger partial charge in [-0.1, -0.05) is 88.5 Å². The molecule has 0 unspecified atom stereocenters. The topological polar surface area (TPSA) is 22.3 Å². The number of nitrogens with zero attached hydrogens (tertiary/aromatic N) is 1. The molecular formula is C29H39NSiZr. The Kier molecular flexibility index (Phi) is 18.9. The summed E-state index contributed by atoms with van der Waals surface area (Å²) in [5.74, 6) is 0. The van der Waals surface area contributed by atoms with Gasteiger partial charge in [-0.15, -0.1) is 5.56 Å². The molecule has 0 atom stereocenters. The van der Waals surface area contributed by atoms with Crippen molar-refractivity contribution in [2.45, 2.75) is 65.6 Å². The Morgan fingerprint density at radius 2 is 1.19 bits per heavy atom. The Labute approximate surface area is 220 Å². The van der Waals surface area contributed by atoms with Crippen LogP contribution < -0.4 is 0 Å². The van der Waals surface area contributed by atoms with E-state index in [1.165, 1.54) is 24.8 Å². The summed E-state index contributed by atoms with van der Waals surface area (Å²) in [4.78, 5) is 0. The number of benzene rings is 1. The van der Waals surface area contributed by atoms with E-state index in [0.29, 0.717) is 5.71 Å². The van der Waals surface area contributed by atoms with Crippen LogP contribution in [0.3, 0.4) is 0 Å². The molecule has 3 rings (SSSR count). The van der Waals surface area contributed by atoms with Crippen molar-refractivity contribution in [2.75, 3.05) is 0 Å². The second-order valence-electron chi connectivity index (χ2n) is 8.80. The molecule has 0 aromatic heterocycles. The zero-order chi connectivity index (χ0) is 23.0. The summed E-state index contributed by atoms with van der Waals surface area (Å²) in [6, 6.07) is 8.11. The van der Waals surface area contributed by atoms with Gasteiger partial charge in [0.05, 0.1) is 0 Å². The van der Waals surface area contributed by atoms with Crippen molar-refractivity contribution >= 4 is 13.8 Å². The molecule has 3 heteroatoms. The fraction of sp³-hybridized carbons (Fsp3) is 0.345. The summed E-state index contributed by atoms with van der Waals surface area (Å²) >= 11 is 0. The third-order valence-electron chi connectivity index (χ3n) is 4.53. The molecule has 0 amide bonds. The van der Waals surface area contributed by atoms with Crippen molar-refractivity contribution in [2.24, 2.45) is 0 Å². The van der Waals surface area contributed by atoms with Gasteiger partial charge < -0.3 is 11.1 Å². The van der Waals surface area contributed by atoms with Crippen molar-refractivity contribution in [3.63, 3.8) is 0 Å². The molecule has 1 aromatic carbocycles. The van der Waals surface area contributed by atoms with Crippen LogP contribution in [-0.2, 0) is 26.2 Å². The van der Waals surface area contributed by atoms with Crippen LogP contribution in [0.4, 0.5) is 0 Å². The number of hydrogen-bond acceptors (Lipinski definition) is 0. The third kappa shape index (κ3) is 16.4. The van der Waals surface area contributed by atoms with Crippen LogP contribution in [0.5, 0.6) is 0 Å². The van der Waals surface area contributed by atoms with Gasteiger partial charge in [-0.25, -0.2) is 5.57 Å². The molecule has 0 N–H and O–H groups in total. The van der Waals surface area contributed by atoms with Gasteiger partial charge in [0, 0.05) is 0 Å². The van der Waals surface area contributed by atoms with E-state index >= 15 is 0 Å². The van der Waals surface area contributed by atoms with Crippen LogP contribution >= 0.6 is 0 Å². The Bertz CT molecular complexity index is 594. The minimum atomic E-state index is -1.46. The zero-order valence-corrected chi connectivity index (χ0v) is 24.0. The Hall–Kier alpha value is -0.270. The van der Waals surface area contributed by atoms with E-state index in [9.17, 15) is 5.41 Å². The van der Waals surface area contributed by atoms with E-state index in [0.717, 1.165) is 24.0 Å². The molecule has 0 heterocycles. The van der Waals surface area contributed by atoms with Gasteiger partial charge in [-0.05, 0) is 79.2 Å². The summed E-state index contributed by atoms with van der Waals surface area (Å²) in [6.07, 6.45) is 25.8. The molecule has 0 saturated heterocycles. The molecule has 2 aliphatic rings. The smallest absolute Gasteiger partial charge is 0.904 e. The van der Waals surface area contributed by atoms with Crippen molar-refractivity contribution in [1.82, 2.24) is 0 Å². The first-order valence-corrected chi connectivity index (χ1v) is 14.9. The predicted molar refractivity (Wildman–Crippen MR) is 141 cm³/mol. The number of rotatable bonds is 8. The molecule has 2 saturated carbocycles. The van der Waals surface area contributed by atoms with E-state index < -0.39 is 8.07 Å². The van der Waals surface area contributed by atoms with Gasteiger partial charge >= 0.3 is 26.2 Å². The second kappa shape index (κ2) is 19.1. The Morgan fingerprint density at radius 3 is 1.56 bits per heavy atom. The van der Waals surface area contributed by atoms with Crippen molar-refractivity contribution in [1.29, 1.82) is 0 Å². The van der Waals surface area contributed by atoms with Crippen LogP contribution in [0.1, 0.15) is 50.2 Å². The van der Waals surface area contributed by atoms with Gasteiger partial charge in [-0.3, -0.25) is 5.70 Å². The molecule has 2 fully saturated rings. The van der Waals surface area contributed by atoms with Crippen LogP contribution in [0.15, 0.2) is 29.8 Å². The summed E-state index contributed by atoms with van der Waals surface area (Å²) in [5.41, 5.74) is 7.19. The van der Waals surface area contributed by atoms with Crippen LogP contribution in [0.25, 0.3) is 5.41 Å². The first-order valence-electron chi connectivity index (χ1n) is 11.4. The van der Waals surface area contributed by atoms with E-state index in [1.54, 1.807) is 0 Å². The van der Waals surface area contributed by atoms with Gasteiger partial charge in [-0.2, -0.15) is 0 Å². The number of unbranched alkanes of at least 4 members (excludes halogenated alkanes) is 3. The first-order chi connectivity index (χ1) is 14.8. The van der Waals surface area contributed by atoms with Crippen molar-refractivity contribution in [3.8, 4) is 0 Å². The van der Waals surface area contributed by atoms with E-state index in [-0.39, 0.29) is 26.2 Å². The maximum absolute atomic E-state index is 10.6. The summed E-state index contributed by atoms with van der Waals surface area (Å²) in [6.45, 7) is 11.1. The average Bonchev–Trinajstić information content (AvgIpc) is 3.48. The van der Waals surface area contributed by atoms with E-state index in [1.807, 2.05) is 76.3 Å². The molecule has 0 spiro atoms. The van der Waals surface area contributed by atoms with Crippen LogP contribution in [0.2, 0.25) is 19.6 Å². The summed E-state index contributed by atoms with van der Waals surface area (Å²) in [5, 5.41) is 10.6. The second-order valence-corrected chi connectivity index (χ2v) is 13.6. The molecule has 32 heavy (non-hydrogen) atoms. The Balaban J connectivity index is 0.000000707. The van der Waals surface area contributed by atoms with E-state index in [4.69, 9.17) is 0 Å². The molecular weight excluding hydrogens is 482 g/mol. The quantitative estimate of drug-likeness (QED) is 0.143. The fourth-order valence-corrected chi connectivity index (χ4v) is 4.10. The number of allylic oxidation sites excluding steroid dienone is 1. The molecule has 10 radical (unpaired) electrons. The van der Waals surface area contributed by atoms with Gasteiger partial charge in [0.15, 0.2) is 0 Å². The molecule has 2 aliphatic carbocycles. The van der Waals surface area contributed by atoms with E-state index in [2.05, 4.69) is 51.3 Å². The van der Waals surface area contributed by atoms with Crippen LogP contribution in [0, 0.1) is 76.8 Å². The average molecular weight is 521 g/mol. The minimum absolute atomic E-state index is 0. The third-order valence-corrected chi connectivity index (χ3v) is 5.58. The predicted octanol–water partition coefficient (Wildman–Crippen LogP) is 7.97. The molecule has 0 aliphatic heterocycles. The SMILES string of the molecule is CCCCCCC(=[C-][Si](C)(C)C)C(=[N-])c1ccc(C)cc1.[CH]1[CH][CH][CH][CH]1.[CH]1[CH][CH][CH][CH]1.[Zr+2]. The normalized spacial score (nSPS) is 15.7. The molecule has 1 nitrogen and oxygen atoms in total. The monoisotopic (exact) mass is 519 g/mol. The number of aryl methyl sites for hydroxylation is 1. The van der Waals surface area contributed by atoms with Crippen molar-refractivity contribution in [3.05, 3.63) is 116 Å². The van der Waals surface area contributed by atoms with Gasteiger partial charge in [0.25, 0.3) is 0 Å². The fourth-order valence-electron chi connectivity index (χ4n) is 2.95. The van der Waals surface area contributed by atoms with Gasteiger partial charge in [0.2, 0.25) is 0 Å². The standard InChI is InChI=1S/C19H29NSi.2C5H5.Zr/c1-6-7-8-9-10-18(15-21(3,4)5)19(20)17-13-11-16(2)12-14-17;2*1-2-4-5-3-1;/h11-14H,6-10H2,1-5H3;2*1-5H;/q-2;;;+2. The largest absolute Gasteiger partial charge is 2.00 e. The maximum atomic E-state index is 10.6. The summed E-state index contributed by atoms with van der Waals surface area (Å²) < 4.78 is 0. The van der Waals surface area contributed by atoms with Gasteiger partial charge in [0.1, 0.15) is 0 Å². The first kappa shape index (κ1) is 31.7. The molecule has 168 valence electrons. The molecule has 0 bridgehead atoms. The van der Waals surface area contributed by atoms with Crippen LogP contribution in [-0.4, -0.2) is 13.8 Å². The minimum Gasteiger partial charge on any atom is -0.904 e. The Morgan fingerprint density at radius 1 is 0.750 bits per heavy atom. The summed E-state index contributed by atoms with van der Waals surface area (Å²) in [7, 11) is -1.46. The van der Waals surface area contributed by atoms with Crippen molar-refractivity contribution < 1.29 is 26.2 Å². The number of hydrogen-bond donors (Lipinski definition) is 0.